The second-order valence-corrected chi connectivity index (χ2v) is 4.47. The normalized spacial score (nSPS) is 12.6. The molecule has 1 aromatic carbocycles. The molecule has 2 N–H and O–H groups in total. The Kier molecular flexibility index (Phi) is 4.63. The number of nitrogens with one attached hydrogen (secondary N) is 1. The monoisotopic (exact) mass is 239 g/mol. The van der Waals surface area contributed by atoms with E-state index in [0.717, 1.165) is 0 Å². The number of aliphatic hydroxyl groups is 1. The molecule has 0 radical (unpaired) electrons. The molecule has 0 saturated heterocycles. The maximum Gasteiger partial charge on any atom is 0.251 e. The summed E-state index contributed by atoms with van der Waals surface area (Å²) in [5.41, 5.74) is 0.839. The Morgan fingerprint density at radius 3 is 2.59 bits per heavy atom. The highest BCUT2D eigenvalue weighted by molar-refractivity contribution is 5.94. The summed E-state index contributed by atoms with van der Waals surface area (Å²) in [7, 11) is 0. The fourth-order valence-electron chi connectivity index (χ4n) is 1.46. The zero-order valence-corrected chi connectivity index (χ0v) is 10.3. The van der Waals surface area contributed by atoms with Crippen LogP contribution in [-0.2, 0) is 0 Å². The number of amides is 1. The molecule has 0 bridgehead atoms. The molecular weight excluding hydrogens is 221 g/mol. The lowest BCUT2D eigenvalue weighted by atomic mass is 10.0. The van der Waals surface area contributed by atoms with Crippen LogP contribution in [0.3, 0.4) is 0 Å². The summed E-state index contributed by atoms with van der Waals surface area (Å²) < 4.78 is 13.0. The molecular formula is C13H18FNO2. The van der Waals surface area contributed by atoms with Crippen LogP contribution in [0, 0.1) is 18.7 Å². The third-order valence-corrected chi connectivity index (χ3v) is 2.74. The minimum atomic E-state index is -0.330. The molecule has 0 fully saturated rings. The van der Waals surface area contributed by atoms with Gasteiger partial charge in [0.15, 0.2) is 0 Å². The minimum absolute atomic E-state index is 0.108. The van der Waals surface area contributed by atoms with Crippen LogP contribution in [0.4, 0.5) is 4.39 Å². The molecule has 3 nitrogen and oxygen atoms in total. The van der Waals surface area contributed by atoms with Gasteiger partial charge in [-0.05, 0) is 36.6 Å². The molecule has 17 heavy (non-hydrogen) atoms. The Hall–Kier alpha value is -1.42. The average Bonchev–Trinajstić information content (AvgIpc) is 2.28. The highest BCUT2D eigenvalue weighted by Crippen LogP contribution is 2.10. The highest BCUT2D eigenvalue weighted by atomic mass is 19.1. The van der Waals surface area contributed by atoms with E-state index in [4.69, 9.17) is 5.11 Å². The second-order valence-electron chi connectivity index (χ2n) is 4.47. The zero-order valence-electron chi connectivity index (χ0n) is 10.3. The van der Waals surface area contributed by atoms with E-state index in [0.29, 0.717) is 11.1 Å². The maximum atomic E-state index is 13.0. The first-order chi connectivity index (χ1) is 7.95. The number of aryl methyl sites for hydroxylation is 1. The van der Waals surface area contributed by atoms with E-state index in [2.05, 4.69) is 5.32 Å². The molecule has 94 valence electrons. The lowest BCUT2D eigenvalue weighted by Gasteiger charge is -2.20. The van der Waals surface area contributed by atoms with Crippen molar-refractivity contribution in [3.05, 3.63) is 35.1 Å². The number of aliphatic hydroxyl groups excluding tert-OH is 1. The van der Waals surface area contributed by atoms with E-state index in [-0.39, 0.29) is 30.3 Å². The van der Waals surface area contributed by atoms with E-state index in [1.807, 2.05) is 13.8 Å². The van der Waals surface area contributed by atoms with Crippen LogP contribution < -0.4 is 5.32 Å². The first kappa shape index (κ1) is 13.6. The van der Waals surface area contributed by atoms with Crippen LogP contribution in [0.25, 0.3) is 0 Å². The van der Waals surface area contributed by atoms with Crippen molar-refractivity contribution >= 4 is 5.91 Å². The number of hydrogen-bond donors (Lipinski definition) is 2. The minimum Gasteiger partial charge on any atom is -0.394 e. The van der Waals surface area contributed by atoms with E-state index in [1.54, 1.807) is 6.92 Å². The summed E-state index contributed by atoms with van der Waals surface area (Å²) in [5, 5.41) is 11.8. The van der Waals surface area contributed by atoms with Crippen molar-refractivity contribution in [2.75, 3.05) is 6.61 Å². The topological polar surface area (TPSA) is 49.3 Å². The van der Waals surface area contributed by atoms with E-state index in [1.165, 1.54) is 18.2 Å². The maximum absolute atomic E-state index is 13.0. The smallest absolute Gasteiger partial charge is 0.251 e. The predicted octanol–water partition coefficient (Wildman–Crippen LogP) is 1.88. The van der Waals surface area contributed by atoms with Crippen LogP contribution in [-0.4, -0.2) is 23.7 Å². The van der Waals surface area contributed by atoms with Crippen LogP contribution >= 0.6 is 0 Å². The van der Waals surface area contributed by atoms with Crippen molar-refractivity contribution in [2.45, 2.75) is 26.8 Å². The van der Waals surface area contributed by atoms with Crippen molar-refractivity contribution in [3.63, 3.8) is 0 Å². The fraction of sp³-hybridized carbons (Fsp3) is 0.462. The average molecular weight is 239 g/mol. The summed E-state index contributed by atoms with van der Waals surface area (Å²) in [6.07, 6.45) is 0. The lowest BCUT2D eigenvalue weighted by Crippen LogP contribution is -2.41. The largest absolute Gasteiger partial charge is 0.394 e. The zero-order chi connectivity index (χ0) is 13.0. The van der Waals surface area contributed by atoms with Gasteiger partial charge >= 0.3 is 0 Å². The number of benzene rings is 1. The van der Waals surface area contributed by atoms with Gasteiger partial charge in [0.25, 0.3) is 5.91 Å². The molecule has 0 saturated carbocycles. The fourth-order valence-corrected chi connectivity index (χ4v) is 1.46. The van der Waals surface area contributed by atoms with Crippen molar-refractivity contribution in [3.8, 4) is 0 Å². The molecule has 1 atom stereocenters. The van der Waals surface area contributed by atoms with Crippen molar-refractivity contribution < 1.29 is 14.3 Å². The molecule has 0 aromatic heterocycles. The number of carbonyl (C=O) groups excluding carboxylic acids is 1. The summed E-state index contributed by atoms with van der Waals surface area (Å²) in [6, 6.07) is 3.92. The summed E-state index contributed by atoms with van der Waals surface area (Å²) in [4.78, 5) is 11.8. The molecule has 0 spiro atoms. The van der Waals surface area contributed by atoms with Gasteiger partial charge in [0, 0.05) is 5.56 Å². The van der Waals surface area contributed by atoms with Crippen molar-refractivity contribution in [1.82, 2.24) is 5.32 Å². The molecule has 0 aliphatic carbocycles. The van der Waals surface area contributed by atoms with Crippen LogP contribution in [0.5, 0.6) is 0 Å². The third kappa shape index (κ3) is 3.53. The van der Waals surface area contributed by atoms with Gasteiger partial charge in [0.2, 0.25) is 0 Å². The third-order valence-electron chi connectivity index (χ3n) is 2.74. The summed E-state index contributed by atoms with van der Waals surface area (Å²) in [6.45, 7) is 5.33. The summed E-state index contributed by atoms with van der Waals surface area (Å²) >= 11 is 0. The Bertz CT molecular complexity index is 404. The molecule has 4 heteroatoms. The number of hydrogen-bond acceptors (Lipinski definition) is 2. The number of carbonyl (C=O) groups is 1. The Labute approximate surface area is 101 Å². The molecule has 0 unspecified atom stereocenters. The number of halogens is 1. The molecule has 0 heterocycles. The van der Waals surface area contributed by atoms with Gasteiger partial charge in [-0.3, -0.25) is 4.79 Å². The first-order valence-corrected chi connectivity index (χ1v) is 5.63. The molecule has 0 aliphatic heterocycles. The van der Waals surface area contributed by atoms with E-state index >= 15 is 0 Å². The standard InChI is InChI=1S/C13H18FNO2/c1-8(2)12(7-16)15-13(17)10-4-5-11(14)9(3)6-10/h4-6,8,12,16H,7H2,1-3H3,(H,15,17)/t12-/m1/s1. The van der Waals surface area contributed by atoms with Gasteiger partial charge in [0.05, 0.1) is 12.6 Å². The SMILES string of the molecule is Cc1cc(C(=O)N[C@H](CO)C(C)C)ccc1F. The first-order valence-electron chi connectivity index (χ1n) is 5.63. The van der Waals surface area contributed by atoms with Gasteiger partial charge in [-0.1, -0.05) is 13.8 Å². The van der Waals surface area contributed by atoms with Crippen molar-refractivity contribution in [1.29, 1.82) is 0 Å². The van der Waals surface area contributed by atoms with Crippen LogP contribution in [0.15, 0.2) is 18.2 Å². The van der Waals surface area contributed by atoms with Gasteiger partial charge in [0.1, 0.15) is 5.82 Å². The Morgan fingerprint density at radius 2 is 2.12 bits per heavy atom. The Morgan fingerprint density at radius 1 is 1.47 bits per heavy atom. The van der Waals surface area contributed by atoms with E-state index in [9.17, 15) is 9.18 Å². The second kappa shape index (κ2) is 5.77. The van der Waals surface area contributed by atoms with Gasteiger partial charge < -0.3 is 10.4 Å². The quantitative estimate of drug-likeness (QED) is 0.842. The van der Waals surface area contributed by atoms with Crippen molar-refractivity contribution in [2.24, 2.45) is 5.92 Å². The predicted molar refractivity (Wildman–Crippen MR) is 64.3 cm³/mol. The van der Waals surface area contributed by atoms with Gasteiger partial charge in [-0.25, -0.2) is 4.39 Å². The molecule has 1 amide bonds. The van der Waals surface area contributed by atoms with E-state index < -0.39 is 0 Å². The van der Waals surface area contributed by atoms with Crippen LogP contribution in [0.2, 0.25) is 0 Å². The van der Waals surface area contributed by atoms with Crippen LogP contribution in [0.1, 0.15) is 29.8 Å². The summed E-state index contributed by atoms with van der Waals surface area (Å²) in [5.74, 6) is -0.476. The lowest BCUT2D eigenvalue weighted by molar-refractivity contribution is 0.0896. The molecule has 0 aliphatic rings. The van der Waals surface area contributed by atoms with Gasteiger partial charge in [-0.2, -0.15) is 0 Å². The van der Waals surface area contributed by atoms with Gasteiger partial charge in [-0.15, -0.1) is 0 Å². The molecule has 1 aromatic rings. The Balaban J connectivity index is 2.79. The number of rotatable bonds is 4. The highest BCUT2D eigenvalue weighted by Gasteiger charge is 2.16. The molecule has 1 rings (SSSR count).